The summed E-state index contributed by atoms with van der Waals surface area (Å²) in [5.74, 6) is -0.416. The highest BCUT2D eigenvalue weighted by atomic mass is 16.1. The van der Waals surface area contributed by atoms with Gasteiger partial charge in [0.15, 0.2) is 0 Å². The number of aromatic amines is 1. The van der Waals surface area contributed by atoms with Crippen LogP contribution in [0.1, 0.15) is 28.7 Å². The average Bonchev–Trinajstić information content (AvgIpc) is 3.18. The monoisotopic (exact) mass is 303 g/mol. The third-order valence-corrected chi connectivity index (χ3v) is 4.46. The summed E-state index contributed by atoms with van der Waals surface area (Å²) in [6.07, 6.45) is 8.82. The van der Waals surface area contributed by atoms with Crippen LogP contribution in [-0.2, 0) is 17.6 Å². The second kappa shape index (κ2) is 5.39. The van der Waals surface area contributed by atoms with Gasteiger partial charge in [0, 0.05) is 28.9 Å². The number of carbonyl (C=O) groups is 1. The molecule has 0 radical (unpaired) electrons. The number of aromatic nitrogens is 2. The van der Waals surface area contributed by atoms with E-state index in [0.29, 0.717) is 5.57 Å². The van der Waals surface area contributed by atoms with Gasteiger partial charge in [-0.2, -0.15) is 0 Å². The van der Waals surface area contributed by atoms with Gasteiger partial charge >= 0.3 is 0 Å². The van der Waals surface area contributed by atoms with Gasteiger partial charge in [0.25, 0.3) is 0 Å². The molecule has 0 fully saturated rings. The van der Waals surface area contributed by atoms with E-state index in [4.69, 9.17) is 5.73 Å². The lowest BCUT2D eigenvalue weighted by atomic mass is 9.98. The minimum atomic E-state index is -0.416. The molecule has 0 bridgehead atoms. The molecule has 1 aromatic carbocycles. The molecule has 0 aliphatic heterocycles. The molecule has 0 atom stereocenters. The predicted octanol–water partition coefficient (Wildman–Crippen LogP) is 3.08. The molecule has 4 heteroatoms. The minimum Gasteiger partial charge on any atom is -0.366 e. The van der Waals surface area contributed by atoms with Crippen LogP contribution in [0, 0.1) is 0 Å². The number of fused-ring (bicyclic) bond motifs is 2. The van der Waals surface area contributed by atoms with Crippen LogP contribution in [0.25, 0.3) is 22.7 Å². The van der Waals surface area contributed by atoms with Crippen molar-refractivity contribution in [2.75, 3.05) is 0 Å². The van der Waals surface area contributed by atoms with E-state index in [9.17, 15) is 4.79 Å². The number of hydrogen-bond donors (Lipinski definition) is 2. The number of amides is 1. The highest BCUT2D eigenvalue weighted by Gasteiger charge is 2.15. The number of hydrogen-bond acceptors (Lipinski definition) is 2. The first-order valence-electron chi connectivity index (χ1n) is 7.78. The van der Waals surface area contributed by atoms with Gasteiger partial charge in [-0.15, -0.1) is 0 Å². The molecule has 4 rings (SSSR count). The number of benzene rings is 1. The molecule has 0 unspecified atom stereocenters. The number of H-pyrrole nitrogens is 1. The Hall–Kier alpha value is -2.88. The fraction of sp³-hybridized carbons (Fsp3) is 0.158. The van der Waals surface area contributed by atoms with E-state index in [1.807, 2.05) is 30.5 Å². The Balaban J connectivity index is 1.83. The van der Waals surface area contributed by atoms with Crippen molar-refractivity contribution in [3.05, 3.63) is 65.0 Å². The third kappa shape index (κ3) is 2.42. The van der Waals surface area contributed by atoms with Gasteiger partial charge in [0.2, 0.25) is 5.91 Å². The maximum atomic E-state index is 12.0. The molecule has 3 aromatic rings. The van der Waals surface area contributed by atoms with Crippen LogP contribution in [0.15, 0.2) is 42.7 Å². The molecule has 1 aliphatic carbocycles. The lowest BCUT2D eigenvalue weighted by Gasteiger charge is -2.07. The Bertz CT molecular complexity index is 937. The molecule has 2 aromatic heterocycles. The van der Waals surface area contributed by atoms with E-state index in [-0.39, 0.29) is 0 Å². The highest BCUT2D eigenvalue weighted by Crippen LogP contribution is 2.28. The van der Waals surface area contributed by atoms with E-state index in [1.165, 1.54) is 17.5 Å². The molecule has 0 saturated heterocycles. The van der Waals surface area contributed by atoms with Crippen LogP contribution in [0.2, 0.25) is 0 Å². The number of nitrogens with two attached hydrogens (primary N) is 1. The maximum Gasteiger partial charge on any atom is 0.249 e. The normalized spacial score (nSPS) is 14.2. The second-order valence-corrected chi connectivity index (χ2v) is 5.90. The summed E-state index contributed by atoms with van der Waals surface area (Å²) in [5.41, 5.74) is 11.5. The van der Waals surface area contributed by atoms with Crippen LogP contribution < -0.4 is 5.73 Å². The van der Waals surface area contributed by atoms with Gasteiger partial charge in [-0.25, -0.2) is 4.98 Å². The largest absolute Gasteiger partial charge is 0.366 e. The summed E-state index contributed by atoms with van der Waals surface area (Å²) in [4.78, 5) is 19.4. The van der Waals surface area contributed by atoms with Crippen molar-refractivity contribution >= 4 is 28.6 Å². The van der Waals surface area contributed by atoms with Gasteiger partial charge in [0.1, 0.15) is 5.65 Å². The maximum absolute atomic E-state index is 12.0. The summed E-state index contributed by atoms with van der Waals surface area (Å²) < 4.78 is 0. The number of pyridine rings is 1. The van der Waals surface area contributed by atoms with Gasteiger partial charge in [-0.05, 0) is 54.2 Å². The van der Waals surface area contributed by atoms with Gasteiger partial charge in [-0.3, -0.25) is 4.79 Å². The SMILES string of the molecule is NC(=O)C(=Cc1c[nH]c2ncccc12)c1ccc2c(c1)CCC2. The fourth-order valence-corrected chi connectivity index (χ4v) is 3.29. The van der Waals surface area contributed by atoms with Crippen molar-refractivity contribution in [1.82, 2.24) is 9.97 Å². The number of rotatable bonds is 3. The lowest BCUT2D eigenvalue weighted by Crippen LogP contribution is -2.13. The van der Waals surface area contributed by atoms with Crippen molar-refractivity contribution in [2.24, 2.45) is 5.73 Å². The molecule has 3 N–H and O–H groups in total. The molecule has 23 heavy (non-hydrogen) atoms. The van der Waals surface area contributed by atoms with Crippen LogP contribution >= 0.6 is 0 Å². The smallest absolute Gasteiger partial charge is 0.249 e. The summed E-state index contributed by atoms with van der Waals surface area (Å²) >= 11 is 0. The fourth-order valence-electron chi connectivity index (χ4n) is 3.29. The van der Waals surface area contributed by atoms with Crippen molar-refractivity contribution < 1.29 is 4.79 Å². The van der Waals surface area contributed by atoms with Crippen molar-refractivity contribution in [1.29, 1.82) is 0 Å². The quantitative estimate of drug-likeness (QED) is 0.730. The molecule has 114 valence electrons. The summed E-state index contributed by atoms with van der Waals surface area (Å²) in [7, 11) is 0. The summed E-state index contributed by atoms with van der Waals surface area (Å²) in [6, 6.07) is 10.1. The van der Waals surface area contributed by atoms with Crippen LogP contribution in [0.4, 0.5) is 0 Å². The second-order valence-electron chi connectivity index (χ2n) is 5.90. The number of primary amides is 1. The van der Waals surface area contributed by atoms with Crippen molar-refractivity contribution in [3.63, 3.8) is 0 Å². The van der Waals surface area contributed by atoms with Crippen molar-refractivity contribution in [2.45, 2.75) is 19.3 Å². The van der Waals surface area contributed by atoms with Crippen LogP contribution in [-0.4, -0.2) is 15.9 Å². The number of carbonyl (C=O) groups excluding carboxylic acids is 1. The predicted molar refractivity (Wildman–Crippen MR) is 91.6 cm³/mol. The Kier molecular flexibility index (Phi) is 3.23. The first kappa shape index (κ1) is 13.8. The van der Waals surface area contributed by atoms with E-state index >= 15 is 0 Å². The minimum absolute atomic E-state index is 0.416. The van der Waals surface area contributed by atoms with E-state index < -0.39 is 5.91 Å². The molecule has 0 saturated carbocycles. The Morgan fingerprint density at radius 2 is 2.09 bits per heavy atom. The van der Waals surface area contributed by atoms with E-state index in [1.54, 1.807) is 6.20 Å². The first-order chi connectivity index (χ1) is 11.2. The van der Waals surface area contributed by atoms with Gasteiger partial charge in [0.05, 0.1) is 0 Å². The molecular weight excluding hydrogens is 286 g/mol. The Morgan fingerprint density at radius 1 is 1.22 bits per heavy atom. The summed E-state index contributed by atoms with van der Waals surface area (Å²) in [6.45, 7) is 0. The third-order valence-electron chi connectivity index (χ3n) is 4.46. The Morgan fingerprint density at radius 3 is 2.96 bits per heavy atom. The number of nitrogens with one attached hydrogen (secondary N) is 1. The van der Waals surface area contributed by atoms with Crippen molar-refractivity contribution in [3.8, 4) is 0 Å². The zero-order chi connectivity index (χ0) is 15.8. The lowest BCUT2D eigenvalue weighted by molar-refractivity contribution is -0.112. The van der Waals surface area contributed by atoms with Crippen LogP contribution in [0.5, 0.6) is 0 Å². The molecule has 4 nitrogen and oxygen atoms in total. The highest BCUT2D eigenvalue weighted by molar-refractivity contribution is 6.24. The number of aryl methyl sites for hydroxylation is 2. The van der Waals surface area contributed by atoms with E-state index in [2.05, 4.69) is 22.1 Å². The van der Waals surface area contributed by atoms with E-state index in [0.717, 1.165) is 35.0 Å². The first-order valence-corrected chi connectivity index (χ1v) is 7.78. The Labute approximate surface area is 134 Å². The van der Waals surface area contributed by atoms with Gasteiger partial charge in [-0.1, -0.05) is 18.2 Å². The molecule has 1 amide bonds. The molecular formula is C19H17N3O. The summed E-state index contributed by atoms with van der Waals surface area (Å²) in [5, 5.41) is 0.979. The van der Waals surface area contributed by atoms with Crippen LogP contribution in [0.3, 0.4) is 0 Å². The topological polar surface area (TPSA) is 71.8 Å². The van der Waals surface area contributed by atoms with Gasteiger partial charge < -0.3 is 10.7 Å². The molecule has 1 aliphatic rings. The average molecular weight is 303 g/mol. The molecule has 0 spiro atoms. The standard InChI is InChI=1S/C19H17N3O/c20-18(23)17(14-7-6-12-3-1-4-13(12)9-14)10-15-11-22-19-16(15)5-2-8-21-19/h2,5-11H,1,3-4H2,(H2,20,23)(H,21,22). The zero-order valence-electron chi connectivity index (χ0n) is 12.7. The number of nitrogens with zero attached hydrogens (tertiary/aromatic N) is 1. The molecule has 2 heterocycles. The zero-order valence-corrected chi connectivity index (χ0v) is 12.7.